The van der Waals surface area contributed by atoms with Gasteiger partial charge in [0.05, 0.1) is 18.2 Å². The van der Waals surface area contributed by atoms with Gasteiger partial charge < -0.3 is 25.2 Å². The van der Waals surface area contributed by atoms with E-state index in [1.807, 2.05) is 12.1 Å². The maximum Gasteiger partial charge on any atom is 0.227 e. The summed E-state index contributed by atoms with van der Waals surface area (Å²) in [6.07, 6.45) is 4.57. The van der Waals surface area contributed by atoms with Gasteiger partial charge in [0, 0.05) is 38.0 Å². The van der Waals surface area contributed by atoms with Crippen molar-refractivity contribution in [1.82, 2.24) is 19.8 Å². The van der Waals surface area contributed by atoms with Crippen LogP contribution < -0.4 is 15.4 Å². The van der Waals surface area contributed by atoms with Gasteiger partial charge in [-0.1, -0.05) is 11.8 Å². The lowest BCUT2D eigenvalue weighted by Crippen LogP contribution is -2.30. The Bertz CT molecular complexity index is 944. The van der Waals surface area contributed by atoms with Gasteiger partial charge in [0.2, 0.25) is 5.95 Å². The van der Waals surface area contributed by atoms with Crippen LogP contribution in [0.4, 0.5) is 11.8 Å². The fourth-order valence-corrected chi connectivity index (χ4v) is 4.20. The van der Waals surface area contributed by atoms with E-state index in [1.54, 1.807) is 7.11 Å². The van der Waals surface area contributed by atoms with E-state index in [4.69, 9.17) is 15.5 Å². The number of nitrogens with two attached hydrogens (primary N) is 1. The van der Waals surface area contributed by atoms with Gasteiger partial charge in [-0.2, -0.15) is 4.98 Å². The molecule has 0 radical (unpaired) electrons. The van der Waals surface area contributed by atoms with E-state index < -0.39 is 0 Å². The van der Waals surface area contributed by atoms with Crippen molar-refractivity contribution in [3.8, 4) is 17.6 Å². The van der Waals surface area contributed by atoms with Crippen molar-refractivity contribution in [2.24, 2.45) is 0 Å². The van der Waals surface area contributed by atoms with Crippen LogP contribution in [0, 0.1) is 11.8 Å². The molecule has 0 atom stereocenters. The molecular weight excluding hydrogens is 376 g/mol. The Labute approximate surface area is 179 Å². The zero-order valence-corrected chi connectivity index (χ0v) is 18.2. The number of methoxy groups -OCH3 is 1. The lowest BCUT2D eigenvalue weighted by molar-refractivity contribution is 0.348. The number of hydrogen-bond acceptors (Lipinski definition) is 7. The highest BCUT2D eigenvalue weighted by Gasteiger charge is 2.17. The molecule has 2 N–H and O–H groups in total. The molecule has 7 nitrogen and oxygen atoms in total. The third-order valence-electron chi connectivity index (χ3n) is 6.01. The van der Waals surface area contributed by atoms with Crippen LogP contribution in [0.5, 0.6) is 5.75 Å². The third kappa shape index (κ3) is 4.77. The minimum Gasteiger partial charge on any atom is -0.495 e. The predicted molar refractivity (Wildman–Crippen MR) is 122 cm³/mol. The second kappa shape index (κ2) is 9.50. The number of nitrogen functional groups attached to an aromatic ring is 1. The molecule has 2 aromatic rings. The molecule has 0 amide bonds. The van der Waals surface area contributed by atoms with Gasteiger partial charge in [-0.3, -0.25) is 0 Å². The zero-order chi connectivity index (χ0) is 20.9. The van der Waals surface area contributed by atoms with Crippen molar-refractivity contribution in [3.63, 3.8) is 0 Å². The summed E-state index contributed by atoms with van der Waals surface area (Å²) in [6, 6.07) is 3.90. The molecule has 1 aromatic carbocycles. The van der Waals surface area contributed by atoms with Crippen molar-refractivity contribution in [3.05, 3.63) is 17.7 Å². The maximum absolute atomic E-state index is 6.31. The van der Waals surface area contributed by atoms with Crippen LogP contribution in [-0.2, 0) is 0 Å². The molecule has 4 rings (SSSR count). The molecule has 2 aliphatic rings. The molecule has 2 aliphatic heterocycles. The summed E-state index contributed by atoms with van der Waals surface area (Å²) in [5.41, 5.74) is 7.98. The van der Waals surface area contributed by atoms with E-state index in [-0.39, 0.29) is 0 Å². The Balaban J connectivity index is 1.59. The first-order valence-electron chi connectivity index (χ1n) is 10.9. The number of likely N-dealkylation sites (N-methyl/N-ethyl adjacent to an activating group) is 1. The van der Waals surface area contributed by atoms with E-state index in [9.17, 15) is 0 Å². The number of benzene rings is 1. The van der Waals surface area contributed by atoms with E-state index >= 15 is 0 Å². The van der Waals surface area contributed by atoms with Crippen LogP contribution in [0.25, 0.3) is 10.9 Å². The predicted octanol–water partition coefficient (Wildman–Crippen LogP) is 2.20. The first kappa shape index (κ1) is 20.7. The Kier molecular flexibility index (Phi) is 6.56. The van der Waals surface area contributed by atoms with E-state index in [0.717, 1.165) is 67.8 Å². The van der Waals surface area contributed by atoms with Crippen LogP contribution in [-0.4, -0.2) is 79.7 Å². The SMILES string of the molecule is COc1cc2c(N)nc(N3CCCN(C)CC3)nc2cc1C#CCCN1CCCC1. The number of nitrogens with zero attached hydrogens (tertiary/aromatic N) is 5. The quantitative estimate of drug-likeness (QED) is 0.778. The molecule has 0 unspecified atom stereocenters. The smallest absolute Gasteiger partial charge is 0.227 e. The molecule has 0 saturated carbocycles. The summed E-state index contributed by atoms with van der Waals surface area (Å²) >= 11 is 0. The molecular formula is C23H32N6O. The average Bonchev–Trinajstić information content (AvgIpc) is 3.17. The summed E-state index contributed by atoms with van der Waals surface area (Å²) < 4.78 is 5.57. The summed E-state index contributed by atoms with van der Waals surface area (Å²) in [5, 5.41) is 0.810. The van der Waals surface area contributed by atoms with Gasteiger partial charge in [0.15, 0.2) is 0 Å². The Hall–Kier alpha value is -2.56. The van der Waals surface area contributed by atoms with Crippen LogP contribution in [0.3, 0.4) is 0 Å². The molecule has 3 heterocycles. The average molecular weight is 409 g/mol. The molecule has 7 heteroatoms. The molecule has 1 aromatic heterocycles. The van der Waals surface area contributed by atoms with Crippen molar-refractivity contribution in [2.45, 2.75) is 25.7 Å². The van der Waals surface area contributed by atoms with Crippen molar-refractivity contribution in [1.29, 1.82) is 0 Å². The first-order chi connectivity index (χ1) is 14.6. The summed E-state index contributed by atoms with van der Waals surface area (Å²) in [7, 11) is 3.82. The number of likely N-dealkylation sites (tertiary alicyclic amines) is 1. The Morgan fingerprint density at radius 3 is 2.67 bits per heavy atom. The van der Waals surface area contributed by atoms with E-state index in [1.165, 1.54) is 25.9 Å². The second-order valence-electron chi connectivity index (χ2n) is 8.22. The summed E-state index contributed by atoms with van der Waals surface area (Å²) in [4.78, 5) is 16.5. The zero-order valence-electron chi connectivity index (χ0n) is 18.2. The monoisotopic (exact) mass is 408 g/mol. The summed E-state index contributed by atoms with van der Waals surface area (Å²) in [6.45, 7) is 7.37. The number of hydrogen-bond donors (Lipinski definition) is 1. The lowest BCUT2D eigenvalue weighted by Gasteiger charge is -2.21. The summed E-state index contributed by atoms with van der Waals surface area (Å²) in [5.74, 6) is 8.51. The van der Waals surface area contributed by atoms with E-state index in [0.29, 0.717) is 11.8 Å². The molecule has 0 aliphatic carbocycles. The number of anilines is 2. The largest absolute Gasteiger partial charge is 0.495 e. The molecule has 30 heavy (non-hydrogen) atoms. The highest BCUT2D eigenvalue weighted by Crippen LogP contribution is 2.29. The Morgan fingerprint density at radius 1 is 1.03 bits per heavy atom. The minimum absolute atomic E-state index is 0.486. The van der Waals surface area contributed by atoms with Gasteiger partial charge in [-0.25, -0.2) is 4.98 Å². The van der Waals surface area contributed by atoms with Crippen molar-refractivity contribution < 1.29 is 4.74 Å². The lowest BCUT2D eigenvalue weighted by atomic mass is 10.1. The number of rotatable bonds is 4. The maximum atomic E-state index is 6.31. The molecule has 2 fully saturated rings. The molecule has 0 bridgehead atoms. The third-order valence-corrected chi connectivity index (χ3v) is 6.01. The van der Waals surface area contributed by atoms with Crippen molar-refractivity contribution >= 4 is 22.7 Å². The van der Waals surface area contributed by atoms with Gasteiger partial charge >= 0.3 is 0 Å². The fourth-order valence-electron chi connectivity index (χ4n) is 4.20. The van der Waals surface area contributed by atoms with Crippen LogP contribution in [0.1, 0.15) is 31.2 Å². The standard InChI is InChI=1S/C23H32N6O/c1-27-9-7-13-29(15-14-27)23-25-20-16-18(8-3-4-10-28-11-5-6-12-28)21(30-2)17-19(20)22(24)26-23/h16-17H,4-7,9-15H2,1-2H3,(H2,24,25,26). The van der Waals surface area contributed by atoms with Gasteiger partial charge in [-0.05, 0) is 58.1 Å². The van der Waals surface area contributed by atoms with Crippen LogP contribution >= 0.6 is 0 Å². The van der Waals surface area contributed by atoms with Crippen LogP contribution in [0.2, 0.25) is 0 Å². The highest BCUT2D eigenvalue weighted by molar-refractivity contribution is 5.91. The van der Waals surface area contributed by atoms with Gasteiger partial charge in [0.1, 0.15) is 11.6 Å². The fraction of sp³-hybridized carbons (Fsp3) is 0.565. The topological polar surface area (TPSA) is 70.8 Å². The second-order valence-corrected chi connectivity index (χ2v) is 8.22. The van der Waals surface area contributed by atoms with Crippen molar-refractivity contribution in [2.75, 3.05) is 70.6 Å². The van der Waals surface area contributed by atoms with E-state index in [2.05, 4.69) is 38.6 Å². The Morgan fingerprint density at radius 2 is 1.87 bits per heavy atom. The highest BCUT2D eigenvalue weighted by atomic mass is 16.5. The molecule has 0 spiro atoms. The first-order valence-corrected chi connectivity index (χ1v) is 10.9. The number of ether oxygens (including phenoxy) is 1. The molecule has 160 valence electrons. The minimum atomic E-state index is 0.486. The van der Waals surface area contributed by atoms with Crippen LogP contribution in [0.15, 0.2) is 12.1 Å². The number of aromatic nitrogens is 2. The normalized spacial score (nSPS) is 18.3. The van der Waals surface area contributed by atoms with Gasteiger partial charge in [0.25, 0.3) is 0 Å². The molecule has 2 saturated heterocycles. The number of fused-ring (bicyclic) bond motifs is 1. The van der Waals surface area contributed by atoms with Gasteiger partial charge in [-0.15, -0.1) is 0 Å².